The molecule has 3 aromatic carbocycles. The van der Waals surface area contributed by atoms with Gasteiger partial charge in [-0.25, -0.2) is 8.42 Å². The molecule has 3 aromatic rings. The monoisotopic (exact) mass is 537 g/mol. The van der Waals surface area contributed by atoms with Crippen molar-refractivity contribution in [2.24, 2.45) is 0 Å². The van der Waals surface area contributed by atoms with E-state index in [1.54, 1.807) is 65.6 Å². The third-order valence-electron chi connectivity index (χ3n) is 6.06. The first-order valence-electron chi connectivity index (χ1n) is 12.4. The van der Waals surface area contributed by atoms with Crippen LogP contribution in [-0.4, -0.2) is 64.6 Å². The summed E-state index contributed by atoms with van der Waals surface area (Å²) in [6, 6.07) is 19.6. The highest BCUT2D eigenvalue weighted by atomic mass is 32.2. The zero-order valence-corrected chi connectivity index (χ0v) is 22.2. The van der Waals surface area contributed by atoms with Gasteiger partial charge in [-0.2, -0.15) is 0 Å². The number of para-hydroxylation sites is 1. The van der Waals surface area contributed by atoms with Gasteiger partial charge >= 0.3 is 0 Å². The number of ether oxygens (including phenoxy) is 2. The van der Waals surface area contributed by atoms with Crippen molar-refractivity contribution in [2.75, 3.05) is 49.1 Å². The predicted octanol–water partition coefficient (Wildman–Crippen LogP) is 3.70. The number of hydrogen-bond acceptors (Lipinski definition) is 6. The molecule has 0 unspecified atom stereocenters. The SMILES string of the molecule is CCOc1ccc(N(CC(=O)Nc2ccccc2C(=O)N2CCOCC2)S(=O)(=O)c2ccc(C)cc2)cc1. The summed E-state index contributed by atoms with van der Waals surface area (Å²) in [6.07, 6.45) is 0. The number of sulfonamides is 1. The number of benzene rings is 3. The molecule has 1 saturated heterocycles. The van der Waals surface area contributed by atoms with Crippen molar-refractivity contribution in [3.05, 3.63) is 83.9 Å². The van der Waals surface area contributed by atoms with Gasteiger partial charge in [-0.1, -0.05) is 29.8 Å². The molecule has 0 saturated carbocycles. The smallest absolute Gasteiger partial charge is 0.264 e. The van der Waals surface area contributed by atoms with Crippen molar-refractivity contribution in [3.63, 3.8) is 0 Å². The number of nitrogens with one attached hydrogen (secondary N) is 1. The number of carbonyl (C=O) groups is 2. The van der Waals surface area contributed by atoms with E-state index < -0.39 is 22.5 Å². The molecule has 0 spiro atoms. The Morgan fingerprint density at radius 3 is 2.29 bits per heavy atom. The number of morpholine rings is 1. The lowest BCUT2D eigenvalue weighted by atomic mass is 10.1. The molecule has 4 rings (SSSR count). The molecule has 1 aliphatic rings. The van der Waals surface area contributed by atoms with Crippen LogP contribution in [0.5, 0.6) is 5.75 Å². The Bertz CT molecular complexity index is 1370. The van der Waals surface area contributed by atoms with Crippen molar-refractivity contribution < 1.29 is 27.5 Å². The summed E-state index contributed by atoms with van der Waals surface area (Å²) in [7, 11) is -4.08. The molecule has 1 aliphatic heterocycles. The highest BCUT2D eigenvalue weighted by Gasteiger charge is 2.28. The van der Waals surface area contributed by atoms with Crippen LogP contribution in [0.25, 0.3) is 0 Å². The Kier molecular flexibility index (Phi) is 8.65. The minimum Gasteiger partial charge on any atom is -0.494 e. The van der Waals surface area contributed by atoms with Crippen molar-refractivity contribution >= 4 is 33.2 Å². The quantitative estimate of drug-likeness (QED) is 0.446. The summed E-state index contributed by atoms with van der Waals surface area (Å²) in [4.78, 5) is 28.1. The summed E-state index contributed by atoms with van der Waals surface area (Å²) in [5, 5.41) is 2.75. The summed E-state index contributed by atoms with van der Waals surface area (Å²) >= 11 is 0. The van der Waals surface area contributed by atoms with Crippen LogP contribution in [-0.2, 0) is 19.6 Å². The molecule has 0 aromatic heterocycles. The normalized spacial score (nSPS) is 13.6. The fourth-order valence-corrected chi connectivity index (χ4v) is 5.48. The molecule has 0 aliphatic carbocycles. The molecule has 1 fully saturated rings. The minimum absolute atomic E-state index is 0.0627. The molecule has 1 N–H and O–H groups in total. The van der Waals surface area contributed by atoms with Gasteiger partial charge in [0, 0.05) is 13.1 Å². The third-order valence-corrected chi connectivity index (χ3v) is 7.85. The number of amides is 2. The molecule has 200 valence electrons. The Morgan fingerprint density at radius 2 is 1.63 bits per heavy atom. The summed E-state index contributed by atoms with van der Waals surface area (Å²) in [5.41, 5.74) is 1.86. The number of hydrogen-bond donors (Lipinski definition) is 1. The van der Waals surface area contributed by atoms with Gasteiger partial charge < -0.3 is 19.7 Å². The second-order valence-corrected chi connectivity index (χ2v) is 10.6. The van der Waals surface area contributed by atoms with E-state index in [-0.39, 0.29) is 10.8 Å². The number of rotatable bonds is 9. The second-order valence-electron chi connectivity index (χ2n) is 8.75. The third kappa shape index (κ3) is 6.32. The van der Waals surface area contributed by atoms with Crippen molar-refractivity contribution in [1.82, 2.24) is 4.90 Å². The number of nitrogens with zero attached hydrogens (tertiary/aromatic N) is 2. The van der Waals surface area contributed by atoms with Gasteiger partial charge in [0.05, 0.1) is 41.7 Å². The van der Waals surface area contributed by atoms with Crippen LogP contribution >= 0.6 is 0 Å². The first-order chi connectivity index (χ1) is 18.3. The number of anilines is 2. The maximum absolute atomic E-state index is 13.7. The van der Waals surface area contributed by atoms with Crippen molar-refractivity contribution in [2.45, 2.75) is 18.7 Å². The zero-order valence-electron chi connectivity index (χ0n) is 21.4. The van der Waals surface area contributed by atoms with Crippen molar-refractivity contribution in [3.8, 4) is 5.75 Å². The summed E-state index contributed by atoms with van der Waals surface area (Å²) in [6.45, 7) is 5.52. The van der Waals surface area contributed by atoms with Gasteiger partial charge in [0.1, 0.15) is 12.3 Å². The summed E-state index contributed by atoms with van der Waals surface area (Å²) < 4.78 is 39.2. The van der Waals surface area contributed by atoms with Gasteiger partial charge in [-0.15, -0.1) is 0 Å². The van der Waals surface area contributed by atoms with E-state index in [4.69, 9.17) is 9.47 Å². The average molecular weight is 538 g/mol. The van der Waals surface area contributed by atoms with E-state index in [0.717, 1.165) is 9.87 Å². The highest BCUT2D eigenvalue weighted by molar-refractivity contribution is 7.92. The Morgan fingerprint density at radius 1 is 0.974 bits per heavy atom. The van der Waals surface area contributed by atoms with Gasteiger partial charge in [0.2, 0.25) is 5.91 Å². The number of aryl methyl sites for hydroxylation is 1. The van der Waals surface area contributed by atoms with Crippen LogP contribution in [0.2, 0.25) is 0 Å². The first kappa shape index (κ1) is 27.2. The second kappa shape index (κ2) is 12.1. The van der Waals surface area contributed by atoms with Crippen molar-refractivity contribution in [1.29, 1.82) is 0 Å². The van der Waals surface area contributed by atoms with E-state index in [0.29, 0.717) is 55.6 Å². The van der Waals surface area contributed by atoms with Crippen LogP contribution in [0.3, 0.4) is 0 Å². The molecule has 38 heavy (non-hydrogen) atoms. The molecule has 10 heteroatoms. The topological polar surface area (TPSA) is 105 Å². The fourth-order valence-electron chi connectivity index (χ4n) is 4.06. The van der Waals surface area contributed by atoms with Crippen LogP contribution in [0.4, 0.5) is 11.4 Å². The molecule has 0 atom stereocenters. The van der Waals surface area contributed by atoms with Crippen LogP contribution < -0.4 is 14.4 Å². The highest BCUT2D eigenvalue weighted by Crippen LogP contribution is 2.27. The minimum atomic E-state index is -4.08. The lowest BCUT2D eigenvalue weighted by Crippen LogP contribution is -2.41. The molecular formula is C28H31N3O6S. The van der Waals surface area contributed by atoms with E-state index in [1.807, 2.05) is 13.8 Å². The molecule has 2 amide bonds. The number of carbonyl (C=O) groups excluding carboxylic acids is 2. The standard InChI is InChI=1S/C28H31N3O6S/c1-3-37-23-12-10-22(11-13-23)31(38(34,35)24-14-8-21(2)9-15-24)20-27(32)29-26-7-5-4-6-25(26)28(33)30-16-18-36-19-17-30/h4-15H,3,16-20H2,1-2H3,(H,29,32). The molecule has 9 nitrogen and oxygen atoms in total. The van der Waals surface area contributed by atoms with Crippen LogP contribution in [0.15, 0.2) is 77.7 Å². The van der Waals surface area contributed by atoms with E-state index in [2.05, 4.69) is 5.32 Å². The Labute approximate surface area is 223 Å². The van der Waals surface area contributed by atoms with Gasteiger partial charge in [-0.05, 0) is 62.4 Å². The van der Waals surface area contributed by atoms with Crippen LogP contribution in [0.1, 0.15) is 22.8 Å². The fraction of sp³-hybridized carbons (Fsp3) is 0.286. The van der Waals surface area contributed by atoms with E-state index >= 15 is 0 Å². The Hall–Kier alpha value is -3.89. The average Bonchev–Trinajstić information content (AvgIpc) is 2.93. The predicted molar refractivity (Wildman–Crippen MR) is 145 cm³/mol. The molecule has 0 bridgehead atoms. The van der Waals surface area contributed by atoms with E-state index in [9.17, 15) is 18.0 Å². The molecular weight excluding hydrogens is 506 g/mol. The van der Waals surface area contributed by atoms with Gasteiger partial charge in [-0.3, -0.25) is 13.9 Å². The first-order valence-corrected chi connectivity index (χ1v) is 13.8. The lowest BCUT2D eigenvalue weighted by molar-refractivity contribution is -0.114. The van der Waals surface area contributed by atoms with Gasteiger partial charge in [0.15, 0.2) is 0 Å². The maximum atomic E-state index is 13.7. The molecule has 1 heterocycles. The van der Waals surface area contributed by atoms with Gasteiger partial charge in [0.25, 0.3) is 15.9 Å². The Balaban J connectivity index is 1.61. The summed E-state index contributed by atoms with van der Waals surface area (Å²) in [5.74, 6) is -0.222. The lowest BCUT2D eigenvalue weighted by Gasteiger charge is -2.28. The van der Waals surface area contributed by atoms with Crippen LogP contribution in [0, 0.1) is 6.92 Å². The van der Waals surface area contributed by atoms with E-state index in [1.165, 1.54) is 12.1 Å². The molecule has 0 radical (unpaired) electrons. The largest absolute Gasteiger partial charge is 0.494 e. The zero-order chi connectivity index (χ0) is 27.1. The maximum Gasteiger partial charge on any atom is 0.264 e.